The fraction of sp³-hybridized carbons (Fsp3) is 0.417. The summed E-state index contributed by atoms with van der Waals surface area (Å²) in [5.41, 5.74) is 9.41. The highest BCUT2D eigenvalue weighted by atomic mass is 16.3. The van der Waals surface area contributed by atoms with Gasteiger partial charge in [0.25, 0.3) is 0 Å². The first kappa shape index (κ1) is 10.0. The first-order chi connectivity index (χ1) is 7.11. The zero-order valence-corrected chi connectivity index (χ0v) is 9.37. The summed E-state index contributed by atoms with van der Waals surface area (Å²) < 4.78 is 5.55. The molecular formula is C12H16N2O. The summed E-state index contributed by atoms with van der Waals surface area (Å²) in [6.45, 7) is 6.30. The average Bonchev–Trinajstić information content (AvgIpc) is 2.61. The molecule has 0 aliphatic carbocycles. The standard InChI is InChI=1S/C12H16N2O/c1-4-11-14-10-6-8(7(2)3)5-9(13)12(10)15-11/h5-7H,4,13H2,1-3H3. The van der Waals surface area contributed by atoms with Crippen molar-refractivity contribution in [3.63, 3.8) is 0 Å². The Morgan fingerprint density at radius 1 is 1.40 bits per heavy atom. The lowest BCUT2D eigenvalue weighted by Crippen LogP contribution is -1.92. The Balaban J connectivity index is 2.65. The van der Waals surface area contributed by atoms with Gasteiger partial charge in [-0.05, 0) is 23.6 Å². The monoisotopic (exact) mass is 204 g/mol. The minimum atomic E-state index is 0.457. The first-order valence-corrected chi connectivity index (χ1v) is 5.30. The van der Waals surface area contributed by atoms with Crippen LogP contribution in [0.1, 0.15) is 38.1 Å². The van der Waals surface area contributed by atoms with Gasteiger partial charge in [-0.3, -0.25) is 0 Å². The molecule has 1 heterocycles. The fourth-order valence-corrected chi connectivity index (χ4v) is 1.61. The molecule has 0 bridgehead atoms. The highest BCUT2D eigenvalue weighted by Crippen LogP contribution is 2.27. The van der Waals surface area contributed by atoms with E-state index >= 15 is 0 Å². The Hall–Kier alpha value is -1.51. The molecule has 0 saturated heterocycles. The van der Waals surface area contributed by atoms with Gasteiger partial charge < -0.3 is 10.2 Å². The summed E-state index contributed by atoms with van der Waals surface area (Å²) in [6, 6.07) is 4.02. The number of aryl methyl sites for hydroxylation is 1. The van der Waals surface area contributed by atoms with Gasteiger partial charge in [0.2, 0.25) is 0 Å². The summed E-state index contributed by atoms with van der Waals surface area (Å²) in [4.78, 5) is 4.39. The maximum atomic E-state index is 5.93. The summed E-state index contributed by atoms with van der Waals surface area (Å²) in [7, 11) is 0. The molecule has 2 N–H and O–H groups in total. The number of nitrogens with zero attached hydrogens (tertiary/aromatic N) is 1. The smallest absolute Gasteiger partial charge is 0.195 e. The Labute approximate surface area is 89.3 Å². The van der Waals surface area contributed by atoms with E-state index in [0.29, 0.717) is 11.6 Å². The number of nitrogen functional groups attached to an aromatic ring is 1. The number of aromatic nitrogens is 1. The minimum Gasteiger partial charge on any atom is -0.439 e. The quantitative estimate of drug-likeness (QED) is 0.765. The van der Waals surface area contributed by atoms with Crippen molar-refractivity contribution in [3.05, 3.63) is 23.6 Å². The maximum absolute atomic E-state index is 5.93. The number of fused-ring (bicyclic) bond motifs is 1. The van der Waals surface area contributed by atoms with E-state index < -0.39 is 0 Å². The maximum Gasteiger partial charge on any atom is 0.195 e. The van der Waals surface area contributed by atoms with Gasteiger partial charge in [0, 0.05) is 6.42 Å². The molecule has 0 spiro atoms. The van der Waals surface area contributed by atoms with Crippen LogP contribution in [-0.4, -0.2) is 4.98 Å². The molecule has 1 aromatic carbocycles. The average molecular weight is 204 g/mol. The van der Waals surface area contributed by atoms with Crippen LogP contribution in [-0.2, 0) is 6.42 Å². The van der Waals surface area contributed by atoms with Crippen molar-refractivity contribution in [3.8, 4) is 0 Å². The molecule has 3 heteroatoms. The van der Waals surface area contributed by atoms with Crippen molar-refractivity contribution >= 4 is 16.8 Å². The third-order valence-electron chi connectivity index (χ3n) is 2.55. The number of rotatable bonds is 2. The number of benzene rings is 1. The third kappa shape index (κ3) is 1.69. The lowest BCUT2D eigenvalue weighted by atomic mass is 10.0. The van der Waals surface area contributed by atoms with E-state index in [4.69, 9.17) is 10.2 Å². The molecule has 0 aliphatic heterocycles. The van der Waals surface area contributed by atoms with E-state index in [0.717, 1.165) is 23.4 Å². The van der Waals surface area contributed by atoms with Gasteiger partial charge in [0.05, 0.1) is 5.69 Å². The Bertz CT molecular complexity index is 486. The fourth-order valence-electron chi connectivity index (χ4n) is 1.61. The molecule has 0 fully saturated rings. The summed E-state index contributed by atoms with van der Waals surface area (Å²) in [5, 5.41) is 0. The molecule has 0 amide bonds. The Kier molecular flexibility index (Phi) is 2.39. The van der Waals surface area contributed by atoms with Crippen LogP contribution in [0.5, 0.6) is 0 Å². The molecule has 0 radical (unpaired) electrons. The highest BCUT2D eigenvalue weighted by molar-refractivity contribution is 5.85. The topological polar surface area (TPSA) is 52.0 Å². The van der Waals surface area contributed by atoms with Gasteiger partial charge in [-0.15, -0.1) is 0 Å². The van der Waals surface area contributed by atoms with Gasteiger partial charge in [0.1, 0.15) is 5.52 Å². The van der Waals surface area contributed by atoms with Crippen molar-refractivity contribution in [2.75, 3.05) is 5.73 Å². The summed E-state index contributed by atoms with van der Waals surface area (Å²) in [5.74, 6) is 1.20. The zero-order valence-electron chi connectivity index (χ0n) is 9.37. The lowest BCUT2D eigenvalue weighted by Gasteiger charge is -2.05. The zero-order chi connectivity index (χ0) is 11.0. The molecule has 2 rings (SSSR count). The van der Waals surface area contributed by atoms with Gasteiger partial charge in [-0.2, -0.15) is 0 Å². The lowest BCUT2D eigenvalue weighted by molar-refractivity contribution is 0.539. The Morgan fingerprint density at radius 2 is 2.13 bits per heavy atom. The van der Waals surface area contributed by atoms with E-state index in [1.165, 1.54) is 5.56 Å². The van der Waals surface area contributed by atoms with Crippen LogP contribution in [0.4, 0.5) is 5.69 Å². The first-order valence-electron chi connectivity index (χ1n) is 5.30. The van der Waals surface area contributed by atoms with Crippen LogP contribution in [0.3, 0.4) is 0 Å². The van der Waals surface area contributed by atoms with E-state index in [2.05, 4.69) is 24.9 Å². The van der Waals surface area contributed by atoms with Crippen LogP contribution in [0, 0.1) is 0 Å². The van der Waals surface area contributed by atoms with E-state index in [9.17, 15) is 0 Å². The molecule has 0 atom stereocenters. The van der Waals surface area contributed by atoms with Crippen LogP contribution in [0.25, 0.3) is 11.1 Å². The molecule has 0 aliphatic rings. The predicted molar refractivity (Wildman–Crippen MR) is 61.9 cm³/mol. The highest BCUT2D eigenvalue weighted by Gasteiger charge is 2.10. The molecule has 1 aromatic heterocycles. The SMILES string of the molecule is CCc1nc2cc(C(C)C)cc(N)c2o1. The number of anilines is 1. The minimum absolute atomic E-state index is 0.457. The van der Waals surface area contributed by atoms with Crippen molar-refractivity contribution in [1.29, 1.82) is 0 Å². The van der Waals surface area contributed by atoms with Gasteiger partial charge in [0.15, 0.2) is 11.5 Å². The molecule has 80 valence electrons. The van der Waals surface area contributed by atoms with E-state index in [-0.39, 0.29) is 0 Å². The molecule has 3 nitrogen and oxygen atoms in total. The molecule has 15 heavy (non-hydrogen) atoms. The van der Waals surface area contributed by atoms with Crippen LogP contribution >= 0.6 is 0 Å². The molecule has 0 saturated carbocycles. The number of hydrogen-bond donors (Lipinski definition) is 1. The third-order valence-corrected chi connectivity index (χ3v) is 2.55. The normalized spacial score (nSPS) is 11.5. The van der Waals surface area contributed by atoms with Crippen LogP contribution < -0.4 is 5.73 Å². The van der Waals surface area contributed by atoms with Crippen molar-refractivity contribution in [2.45, 2.75) is 33.1 Å². The summed E-state index contributed by atoms with van der Waals surface area (Å²) >= 11 is 0. The number of oxazole rings is 1. The largest absolute Gasteiger partial charge is 0.439 e. The number of hydrogen-bond acceptors (Lipinski definition) is 3. The Morgan fingerprint density at radius 3 is 2.73 bits per heavy atom. The van der Waals surface area contributed by atoms with Crippen molar-refractivity contribution in [2.24, 2.45) is 0 Å². The molecular weight excluding hydrogens is 188 g/mol. The molecule has 0 unspecified atom stereocenters. The molecule has 2 aromatic rings. The number of nitrogens with two attached hydrogens (primary N) is 1. The van der Waals surface area contributed by atoms with Crippen LogP contribution in [0.15, 0.2) is 16.5 Å². The summed E-state index contributed by atoms with van der Waals surface area (Å²) in [6.07, 6.45) is 0.797. The predicted octanol–water partition coefficient (Wildman–Crippen LogP) is 3.10. The van der Waals surface area contributed by atoms with Crippen molar-refractivity contribution in [1.82, 2.24) is 4.98 Å². The van der Waals surface area contributed by atoms with Gasteiger partial charge >= 0.3 is 0 Å². The van der Waals surface area contributed by atoms with E-state index in [1.54, 1.807) is 0 Å². The van der Waals surface area contributed by atoms with E-state index in [1.807, 2.05) is 13.0 Å². The van der Waals surface area contributed by atoms with Crippen molar-refractivity contribution < 1.29 is 4.42 Å². The second kappa shape index (κ2) is 3.57. The van der Waals surface area contributed by atoms with Gasteiger partial charge in [-0.25, -0.2) is 4.98 Å². The van der Waals surface area contributed by atoms with Crippen LogP contribution in [0.2, 0.25) is 0 Å². The van der Waals surface area contributed by atoms with Gasteiger partial charge in [-0.1, -0.05) is 20.8 Å². The second-order valence-corrected chi connectivity index (χ2v) is 4.07. The second-order valence-electron chi connectivity index (χ2n) is 4.07.